The first-order valence-electron chi connectivity index (χ1n) is 14.2. The minimum absolute atomic E-state index is 0.137. The highest BCUT2D eigenvalue weighted by molar-refractivity contribution is 7.10. The van der Waals surface area contributed by atoms with E-state index in [9.17, 15) is 24.9 Å². The molecule has 41 heavy (non-hydrogen) atoms. The Balaban J connectivity index is 1.83. The Kier molecular flexibility index (Phi) is 8.03. The third kappa shape index (κ3) is 4.29. The summed E-state index contributed by atoms with van der Waals surface area (Å²) in [6.45, 7) is 8.57. The van der Waals surface area contributed by atoms with Crippen LogP contribution in [0, 0.1) is 22.7 Å². The number of hydrogen-bond donors (Lipinski definition) is 3. The molecule has 0 spiro atoms. The molecule has 2 bridgehead atoms. The predicted molar refractivity (Wildman–Crippen MR) is 156 cm³/mol. The van der Waals surface area contributed by atoms with E-state index in [1.54, 1.807) is 37.3 Å². The Morgan fingerprint density at radius 2 is 1.71 bits per heavy atom. The lowest BCUT2D eigenvalue weighted by molar-refractivity contribution is -0.317. The average molecular weight is 609 g/mol. The van der Waals surface area contributed by atoms with Gasteiger partial charge >= 0.3 is 11.9 Å². The van der Waals surface area contributed by atoms with Crippen LogP contribution in [0.4, 0.5) is 0 Å². The van der Waals surface area contributed by atoms with Gasteiger partial charge in [0.25, 0.3) is 0 Å². The summed E-state index contributed by atoms with van der Waals surface area (Å²) >= 11 is 0. The summed E-state index contributed by atoms with van der Waals surface area (Å²) in [5, 5.41) is 36.7. The van der Waals surface area contributed by atoms with Gasteiger partial charge < -0.3 is 33.8 Å². The highest BCUT2D eigenvalue weighted by Crippen LogP contribution is 2.68. The molecule has 0 saturated heterocycles. The van der Waals surface area contributed by atoms with Crippen LogP contribution in [0.1, 0.15) is 70.7 Å². The first-order valence-corrected chi connectivity index (χ1v) is 15.1. The highest BCUT2D eigenvalue weighted by Gasteiger charge is 2.77. The number of esters is 2. The van der Waals surface area contributed by atoms with Crippen LogP contribution in [0.2, 0.25) is 0 Å². The zero-order valence-electron chi connectivity index (χ0n) is 24.2. The fourth-order valence-corrected chi connectivity index (χ4v) is 9.40. The summed E-state index contributed by atoms with van der Waals surface area (Å²) in [5.74, 6) is -2.25. The molecule has 3 N–H and O–H groups in total. The summed E-state index contributed by atoms with van der Waals surface area (Å²) < 4.78 is 24.5. The molecule has 0 amide bonds. The molecule has 1 aromatic rings. The maximum absolute atomic E-state index is 13.8. The molecule has 0 radical (unpaired) electrons. The van der Waals surface area contributed by atoms with Gasteiger partial charge in [0.15, 0.2) is 0 Å². The van der Waals surface area contributed by atoms with Crippen LogP contribution in [-0.2, 0) is 23.3 Å². The number of fused-ring (bicyclic) bond motifs is 5. The van der Waals surface area contributed by atoms with Gasteiger partial charge in [-0.2, -0.15) is 0 Å². The van der Waals surface area contributed by atoms with Crippen molar-refractivity contribution in [3.63, 3.8) is 0 Å². The van der Waals surface area contributed by atoms with Crippen molar-refractivity contribution in [1.82, 2.24) is 0 Å². The van der Waals surface area contributed by atoms with E-state index < -0.39 is 70.4 Å². The van der Waals surface area contributed by atoms with Crippen LogP contribution in [0.25, 0.3) is 0 Å². The molecule has 1 aromatic carbocycles. The largest absolute Gasteiger partial charge is 0.458 e. The van der Waals surface area contributed by atoms with Gasteiger partial charge in [0.1, 0.15) is 23.4 Å². The van der Waals surface area contributed by atoms with Crippen LogP contribution in [0.15, 0.2) is 41.5 Å². The number of hydrogen-bond acceptors (Lipinski definition) is 9. The molecular formula is C30H42O9P2. The lowest BCUT2D eigenvalue weighted by Crippen LogP contribution is -2.79. The smallest absolute Gasteiger partial charge is 0.338 e. The quantitative estimate of drug-likeness (QED) is 0.261. The topological polar surface area (TPSA) is 132 Å². The SMILES string of the molecule is CC(=O)O[C@@]12CC[C@@H]1C[C@H](OP)[C@]1(C)C2[C@H](OC(=O)c2ccccc2)[C@]2(O)C[C@H](O)C(C)=C([C@@H](OP)[C@@H]1O)C2(C)C. The van der Waals surface area contributed by atoms with Gasteiger partial charge in [-0.3, -0.25) is 4.79 Å². The Labute approximate surface area is 245 Å². The second-order valence-corrected chi connectivity index (χ2v) is 13.6. The fourth-order valence-electron chi connectivity index (χ4n) is 8.71. The fraction of sp³-hybridized carbons (Fsp3) is 0.667. The van der Waals surface area contributed by atoms with Gasteiger partial charge in [-0.1, -0.05) is 39.0 Å². The van der Waals surface area contributed by atoms with Crippen LogP contribution >= 0.6 is 18.9 Å². The van der Waals surface area contributed by atoms with Gasteiger partial charge in [-0.25, -0.2) is 4.79 Å². The Morgan fingerprint density at radius 3 is 2.24 bits per heavy atom. The molecule has 0 aromatic heterocycles. The molecule has 4 aliphatic carbocycles. The van der Waals surface area contributed by atoms with E-state index in [0.717, 1.165) is 6.42 Å². The van der Waals surface area contributed by atoms with Crippen molar-refractivity contribution < 1.29 is 43.4 Å². The average Bonchev–Trinajstić information content (AvgIpc) is 2.91. The maximum atomic E-state index is 13.8. The van der Waals surface area contributed by atoms with Gasteiger partial charge in [0, 0.05) is 54.9 Å². The van der Waals surface area contributed by atoms with Crippen molar-refractivity contribution in [2.75, 3.05) is 0 Å². The van der Waals surface area contributed by atoms with E-state index >= 15 is 0 Å². The van der Waals surface area contributed by atoms with E-state index in [1.807, 2.05) is 20.8 Å². The predicted octanol–water partition coefficient (Wildman–Crippen LogP) is 3.51. The lowest BCUT2D eigenvalue weighted by Gasteiger charge is -2.70. The molecule has 12 atom stereocenters. The number of aliphatic hydroxyl groups is 3. The minimum Gasteiger partial charge on any atom is -0.458 e. The number of ether oxygens (including phenoxy) is 2. The first kappa shape index (κ1) is 31.0. The van der Waals surface area contributed by atoms with E-state index in [2.05, 4.69) is 18.9 Å². The van der Waals surface area contributed by atoms with Crippen molar-refractivity contribution in [3.05, 3.63) is 47.0 Å². The molecule has 3 saturated carbocycles. The van der Waals surface area contributed by atoms with Crippen LogP contribution in [0.3, 0.4) is 0 Å². The second kappa shape index (κ2) is 10.6. The molecule has 11 heteroatoms. The standard InChI is InChI=1S/C30H42O9P2/c1-15-19(32)14-30(35)25(36-26(34)17-9-7-6-8-10-17)23-28(5,24(33)22(39-41)21(15)27(30,3)4)20(38-40)13-18-11-12-29(18,23)37-16(2)31/h6-10,18-20,22-25,32-33,35H,11-14,40-41H2,1-5H3/t18-,19+,20+,22-,23?,24+,25+,28-,29+,30-/m1/s1. The number of aliphatic hydroxyl groups excluding tert-OH is 2. The highest BCUT2D eigenvalue weighted by atomic mass is 31.0. The van der Waals surface area contributed by atoms with Crippen molar-refractivity contribution >= 4 is 30.9 Å². The summed E-state index contributed by atoms with van der Waals surface area (Å²) in [4.78, 5) is 26.5. The monoisotopic (exact) mass is 608 g/mol. The number of carbonyl (C=O) groups is 2. The summed E-state index contributed by atoms with van der Waals surface area (Å²) in [5.41, 5.74) is -4.00. The first-order chi connectivity index (χ1) is 19.2. The van der Waals surface area contributed by atoms with Crippen LogP contribution < -0.4 is 0 Å². The van der Waals surface area contributed by atoms with Crippen molar-refractivity contribution in [3.8, 4) is 0 Å². The Hall–Kier alpha value is -1.44. The minimum atomic E-state index is -1.85. The van der Waals surface area contributed by atoms with E-state index in [0.29, 0.717) is 24.0 Å². The summed E-state index contributed by atoms with van der Waals surface area (Å²) in [6, 6.07) is 8.48. The molecule has 226 valence electrons. The normalized spacial score (nSPS) is 43.0. The Morgan fingerprint density at radius 1 is 1.05 bits per heavy atom. The zero-order valence-corrected chi connectivity index (χ0v) is 26.5. The molecule has 3 unspecified atom stereocenters. The summed E-state index contributed by atoms with van der Waals surface area (Å²) in [6.07, 6.45) is -3.69. The van der Waals surface area contributed by atoms with Crippen molar-refractivity contribution in [1.29, 1.82) is 0 Å². The van der Waals surface area contributed by atoms with Crippen molar-refractivity contribution in [2.24, 2.45) is 22.7 Å². The molecule has 9 nitrogen and oxygen atoms in total. The van der Waals surface area contributed by atoms with Gasteiger partial charge in [-0.05, 0) is 49.5 Å². The molecule has 5 rings (SSSR count). The number of rotatable bonds is 5. The number of benzene rings is 1. The molecule has 4 aliphatic rings. The van der Waals surface area contributed by atoms with Gasteiger partial charge in [-0.15, -0.1) is 0 Å². The molecule has 0 heterocycles. The third-order valence-electron chi connectivity index (χ3n) is 11.0. The van der Waals surface area contributed by atoms with E-state index in [4.69, 9.17) is 18.5 Å². The van der Waals surface area contributed by atoms with E-state index in [-0.39, 0.29) is 17.9 Å². The third-order valence-corrected chi connectivity index (χ3v) is 11.6. The van der Waals surface area contributed by atoms with Gasteiger partial charge in [0.2, 0.25) is 0 Å². The van der Waals surface area contributed by atoms with Crippen molar-refractivity contribution in [2.45, 2.75) is 102 Å². The zero-order chi connectivity index (χ0) is 30.1. The molecular weight excluding hydrogens is 566 g/mol. The molecule has 3 fully saturated rings. The van der Waals surface area contributed by atoms with E-state index in [1.165, 1.54) is 6.92 Å². The number of carbonyl (C=O) groups excluding carboxylic acids is 2. The molecule has 0 aliphatic heterocycles. The summed E-state index contributed by atoms with van der Waals surface area (Å²) in [7, 11) is 4.52. The second-order valence-electron chi connectivity index (χ2n) is 13.0. The maximum Gasteiger partial charge on any atom is 0.338 e. The Bertz CT molecular complexity index is 1240. The van der Waals surface area contributed by atoms with Gasteiger partial charge in [0.05, 0.1) is 23.9 Å². The van der Waals surface area contributed by atoms with Crippen LogP contribution in [0.5, 0.6) is 0 Å². The lowest BCUT2D eigenvalue weighted by atomic mass is 9.40. The van der Waals surface area contributed by atoms with Crippen LogP contribution in [-0.4, -0.2) is 69.0 Å².